The third-order valence-electron chi connectivity index (χ3n) is 17.1. The molecule has 456 valence electrons. The van der Waals surface area contributed by atoms with Gasteiger partial charge in [-0.15, -0.1) is 0 Å². The number of carbonyl (C=O) groups excluding carboxylic acids is 6. The van der Waals surface area contributed by atoms with Gasteiger partial charge >= 0.3 is 12.2 Å². The van der Waals surface area contributed by atoms with E-state index in [1.807, 2.05) is 24.0 Å². The van der Waals surface area contributed by atoms with Crippen molar-refractivity contribution < 1.29 is 66.1 Å². The Bertz CT molecular complexity index is 3180. The molecule has 20 nitrogen and oxygen atoms in total. The molecule has 5 aliphatic heterocycles. The van der Waals surface area contributed by atoms with Crippen LogP contribution in [0.2, 0.25) is 0 Å². The van der Waals surface area contributed by atoms with Crippen molar-refractivity contribution in [3.8, 4) is 0 Å². The quantitative estimate of drug-likeness (QED) is 0.0953. The molecule has 4 aromatic rings. The standard InChI is InChI=1S/C62H76F3N9O11/c1-36-29-71(45(32-72(36)59(80)81)31-70-22-25-84-34-37(70)2)33-51(75)74-35-62(7,47-19-14-40(27-50(47)74)26-39-12-16-43(63)17-13-39)58(79)66-44-18-15-42-30-73(54(46(42)28-44)56(77)68-53-48(64)10-9-11-49(53)65)57(78)52(41-20-23-83-24-21-41)67-55(76)38(3)69(8)60(82)85-61(4,5)6/h9-19,27-28,36-38,41,45,52,54H,20-26,29-35H2,1-8H3,(H,66,79)(H,67,76)(H,68,77)(H,80,81)/t36-,37-,38?,45+,52?,54+,62-/m1/s1. The fraction of sp³-hybridized carbons (Fsp3) is 0.500. The number of piperazine rings is 1. The highest BCUT2D eigenvalue weighted by atomic mass is 19.1. The second-order valence-electron chi connectivity index (χ2n) is 24.3. The number of nitrogens with one attached hydrogen (secondary N) is 3. The van der Waals surface area contributed by atoms with E-state index in [9.17, 15) is 28.7 Å². The van der Waals surface area contributed by atoms with Crippen molar-refractivity contribution in [2.45, 2.75) is 122 Å². The third kappa shape index (κ3) is 13.7. The zero-order valence-corrected chi connectivity index (χ0v) is 49.3. The Balaban J connectivity index is 1.02. The minimum absolute atomic E-state index is 0.0665. The molecule has 9 rings (SSSR count). The summed E-state index contributed by atoms with van der Waals surface area (Å²) in [6, 6.07) is 14.8. The van der Waals surface area contributed by atoms with Crippen LogP contribution in [-0.4, -0.2) is 180 Å². The van der Waals surface area contributed by atoms with Gasteiger partial charge in [-0.3, -0.25) is 38.7 Å². The predicted octanol–water partition coefficient (Wildman–Crippen LogP) is 6.90. The molecule has 5 aliphatic rings. The number of amides is 7. The van der Waals surface area contributed by atoms with Crippen molar-refractivity contribution in [2.24, 2.45) is 5.92 Å². The monoisotopic (exact) mass is 1180 g/mol. The minimum Gasteiger partial charge on any atom is -0.465 e. The minimum atomic E-state index is -1.56. The molecular weight excluding hydrogens is 1100 g/mol. The molecule has 7 atom stereocenters. The molecular formula is C62H76F3N9O11. The third-order valence-corrected chi connectivity index (χ3v) is 17.1. The summed E-state index contributed by atoms with van der Waals surface area (Å²) in [5, 5.41) is 18.4. The molecule has 0 bridgehead atoms. The van der Waals surface area contributed by atoms with Gasteiger partial charge in [0.05, 0.1) is 25.2 Å². The second-order valence-corrected chi connectivity index (χ2v) is 24.3. The zero-order chi connectivity index (χ0) is 61.2. The van der Waals surface area contributed by atoms with Crippen LogP contribution < -0.4 is 20.9 Å². The highest BCUT2D eigenvalue weighted by molar-refractivity contribution is 6.07. The lowest BCUT2D eigenvalue weighted by atomic mass is 9.82. The van der Waals surface area contributed by atoms with Crippen molar-refractivity contribution in [1.82, 2.24) is 29.8 Å². The van der Waals surface area contributed by atoms with E-state index in [2.05, 4.69) is 20.9 Å². The van der Waals surface area contributed by atoms with Crippen LogP contribution in [0.15, 0.2) is 78.9 Å². The van der Waals surface area contributed by atoms with Gasteiger partial charge in [-0.2, -0.15) is 0 Å². The van der Waals surface area contributed by atoms with Gasteiger partial charge in [-0.05, 0) is 144 Å². The molecule has 7 amide bonds. The maximum atomic E-state index is 15.3. The number of hydrogen-bond donors (Lipinski definition) is 4. The van der Waals surface area contributed by atoms with Crippen LogP contribution in [0.25, 0.3) is 0 Å². The maximum Gasteiger partial charge on any atom is 0.410 e. The Hall–Kier alpha value is -7.60. The molecule has 3 saturated heterocycles. The fourth-order valence-electron chi connectivity index (χ4n) is 12.1. The van der Waals surface area contributed by atoms with Gasteiger partial charge in [0, 0.05) is 89.0 Å². The Morgan fingerprint density at radius 2 is 1.53 bits per heavy atom. The van der Waals surface area contributed by atoms with Crippen molar-refractivity contribution in [2.75, 3.05) is 88.3 Å². The average molecular weight is 1180 g/mol. The number of fused-ring (bicyclic) bond motifs is 2. The number of carbonyl (C=O) groups is 7. The molecule has 0 aliphatic carbocycles. The fourth-order valence-corrected chi connectivity index (χ4v) is 12.1. The molecule has 23 heteroatoms. The Labute approximate surface area is 492 Å². The first kappa shape index (κ1) is 61.9. The van der Waals surface area contributed by atoms with Crippen molar-refractivity contribution in [1.29, 1.82) is 0 Å². The van der Waals surface area contributed by atoms with Crippen LogP contribution >= 0.6 is 0 Å². The lowest BCUT2D eigenvalue weighted by molar-refractivity contribution is -0.144. The summed E-state index contributed by atoms with van der Waals surface area (Å²) in [6.45, 7) is 14.9. The number of para-hydroxylation sites is 1. The van der Waals surface area contributed by atoms with E-state index < -0.39 is 94.2 Å². The van der Waals surface area contributed by atoms with Gasteiger partial charge in [0.1, 0.15) is 46.9 Å². The van der Waals surface area contributed by atoms with Crippen molar-refractivity contribution in [3.63, 3.8) is 0 Å². The topological polar surface area (TPSA) is 223 Å². The molecule has 4 aromatic carbocycles. The number of likely N-dealkylation sites (N-methyl/N-ethyl adjacent to an activating group) is 1. The summed E-state index contributed by atoms with van der Waals surface area (Å²) in [7, 11) is 1.40. The SMILES string of the molecule is CC(C(=O)NC(C(=O)N1Cc2ccc(NC(=O)[C@]3(C)CN(C(=O)CN4C[C@@H](C)N(C(=O)O)C[C@@H]4CN4CCOC[C@H]4C)c4cc(Cc5ccc(F)cc5)ccc43)cc2[C@H]1C(=O)Nc1c(F)cccc1F)C1CCOCC1)N(C)C(=O)OC(C)(C)C. The van der Waals surface area contributed by atoms with Crippen molar-refractivity contribution >= 4 is 58.8 Å². The van der Waals surface area contributed by atoms with Crippen LogP contribution in [0, 0.1) is 23.4 Å². The summed E-state index contributed by atoms with van der Waals surface area (Å²) >= 11 is 0. The summed E-state index contributed by atoms with van der Waals surface area (Å²) in [6.07, 6.45) is -0.747. The van der Waals surface area contributed by atoms with E-state index in [4.69, 9.17) is 14.2 Å². The number of benzene rings is 4. The predicted molar refractivity (Wildman–Crippen MR) is 309 cm³/mol. The number of anilines is 3. The first-order chi connectivity index (χ1) is 40.3. The Morgan fingerprint density at radius 1 is 0.835 bits per heavy atom. The van der Waals surface area contributed by atoms with Crippen LogP contribution in [0.4, 0.5) is 39.8 Å². The molecule has 2 unspecified atom stereocenters. The zero-order valence-electron chi connectivity index (χ0n) is 49.3. The maximum absolute atomic E-state index is 15.3. The largest absolute Gasteiger partial charge is 0.465 e. The second kappa shape index (κ2) is 25.5. The van der Waals surface area contributed by atoms with Crippen LogP contribution in [0.5, 0.6) is 0 Å². The van der Waals surface area contributed by atoms with E-state index in [0.29, 0.717) is 62.4 Å². The lowest BCUT2D eigenvalue weighted by Gasteiger charge is -2.47. The summed E-state index contributed by atoms with van der Waals surface area (Å²) < 4.78 is 61.4. The molecule has 85 heavy (non-hydrogen) atoms. The summed E-state index contributed by atoms with van der Waals surface area (Å²) in [5.41, 5.74) is 0.433. The van der Waals surface area contributed by atoms with Gasteiger partial charge in [0.15, 0.2) is 0 Å². The van der Waals surface area contributed by atoms with Crippen LogP contribution in [0.3, 0.4) is 0 Å². The lowest BCUT2D eigenvalue weighted by Crippen LogP contribution is -2.64. The summed E-state index contributed by atoms with van der Waals surface area (Å²) in [5.74, 6) is -6.25. The number of carboxylic acid groups (broad SMARTS) is 1. The first-order valence-corrected chi connectivity index (χ1v) is 28.9. The average Bonchev–Trinajstić information content (AvgIpc) is 1.69. The van der Waals surface area contributed by atoms with Gasteiger partial charge in [0.25, 0.3) is 5.91 Å². The number of halogens is 3. The molecule has 0 aromatic heterocycles. The Kier molecular flexibility index (Phi) is 18.6. The number of hydrogen-bond acceptors (Lipinski definition) is 12. The molecule has 0 saturated carbocycles. The van der Waals surface area contributed by atoms with E-state index in [1.54, 1.807) is 69.9 Å². The van der Waals surface area contributed by atoms with E-state index >= 15 is 23.2 Å². The Morgan fingerprint density at radius 3 is 2.20 bits per heavy atom. The first-order valence-electron chi connectivity index (χ1n) is 28.9. The molecule has 5 heterocycles. The van der Waals surface area contributed by atoms with E-state index in [-0.39, 0.29) is 81.0 Å². The highest BCUT2D eigenvalue weighted by Gasteiger charge is 2.49. The van der Waals surface area contributed by atoms with E-state index in [0.717, 1.165) is 34.2 Å². The molecule has 0 spiro atoms. The van der Waals surface area contributed by atoms with Crippen LogP contribution in [-0.2, 0) is 56.6 Å². The smallest absolute Gasteiger partial charge is 0.410 e. The van der Waals surface area contributed by atoms with E-state index in [1.165, 1.54) is 42.0 Å². The van der Waals surface area contributed by atoms with Crippen molar-refractivity contribution in [3.05, 3.63) is 124 Å². The van der Waals surface area contributed by atoms with Gasteiger partial charge in [0.2, 0.25) is 23.6 Å². The summed E-state index contributed by atoms with van der Waals surface area (Å²) in [4.78, 5) is 110. The van der Waals surface area contributed by atoms with Gasteiger partial charge in [-0.1, -0.05) is 36.4 Å². The number of nitrogens with zero attached hydrogens (tertiary/aromatic N) is 6. The number of ether oxygens (including phenoxy) is 3. The molecule has 3 fully saturated rings. The highest BCUT2D eigenvalue weighted by Crippen LogP contribution is 2.44. The molecule has 0 radical (unpaired) electrons. The number of morpholine rings is 1. The number of rotatable bonds is 15. The molecule has 4 N–H and O–H groups in total. The van der Waals surface area contributed by atoms with Gasteiger partial charge < -0.3 is 50.0 Å². The van der Waals surface area contributed by atoms with Crippen LogP contribution in [0.1, 0.15) is 95.2 Å². The van der Waals surface area contributed by atoms with Gasteiger partial charge in [-0.25, -0.2) is 22.8 Å². The normalized spacial score (nSPS) is 22.6.